The van der Waals surface area contributed by atoms with Crippen LogP contribution in [0.1, 0.15) is 17.2 Å². The molecule has 0 saturated carbocycles. The van der Waals surface area contributed by atoms with E-state index in [0.29, 0.717) is 5.25 Å². The van der Waals surface area contributed by atoms with Gasteiger partial charge in [-0.15, -0.1) is 0 Å². The molecule has 0 aliphatic rings. The molecule has 0 nitrogen and oxygen atoms in total. The number of thiol groups is 2. The van der Waals surface area contributed by atoms with Crippen LogP contribution >= 0.6 is 25.3 Å². The first-order chi connectivity index (χ1) is 5.34. The predicted molar refractivity (Wildman–Crippen MR) is 63.8 cm³/mol. The number of benzene rings is 1. The SMILES string of the molecule is SCCC(S)c1ccccc1.[NaH]. The summed E-state index contributed by atoms with van der Waals surface area (Å²) in [6, 6.07) is 10.3. The molecule has 12 heavy (non-hydrogen) atoms. The van der Waals surface area contributed by atoms with E-state index < -0.39 is 0 Å². The molecule has 1 unspecified atom stereocenters. The summed E-state index contributed by atoms with van der Waals surface area (Å²) in [5.41, 5.74) is 1.28. The normalized spacial score (nSPS) is 11.8. The Morgan fingerprint density at radius 1 is 1.17 bits per heavy atom. The van der Waals surface area contributed by atoms with Crippen LogP contribution in [0.15, 0.2) is 30.3 Å². The van der Waals surface area contributed by atoms with Crippen LogP contribution < -0.4 is 0 Å². The molecule has 1 aromatic carbocycles. The van der Waals surface area contributed by atoms with Gasteiger partial charge in [-0.1, -0.05) is 30.3 Å². The molecule has 3 heteroatoms. The van der Waals surface area contributed by atoms with Crippen LogP contribution in [-0.2, 0) is 0 Å². The second-order valence-electron chi connectivity index (χ2n) is 2.44. The zero-order valence-electron chi connectivity index (χ0n) is 6.27. The third-order valence-electron chi connectivity index (χ3n) is 1.59. The third-order valence-corrected chi connectivity index (χ3v) is 2.40. The third kappa shape index (κ3) is 4.24. The molecule has 0 heterocycles. The Kier molecular flexibility index (Phi) is 7.90. The van der Waals surface area contributed by atoms with Crippen molar-refractivity contribution in [1.29, 1.82) is 0 Å². The topological polar surface area (TPSA) is 0 Å². The van der Waals surface area contributed by atoms with Gasteiger partial charge in [-0.3, -0.25) is 0 Å². The summed E-state index contributed by atoms with van der Waals surface area (Å²) in [4.78, 5) is 0. The molecule has 0 aromatic heterocycles. The molecule has 0 bridgehead atoms. The van der Waals surface area contributed by atoms with E-state index in [4.69, 9.17) is 0 Å². The summed E-state index contributed by atoms with van der Waals surface area (Å²) < 4.78 is 0. The van der Waals surface area contributed by atoms with E-state index in [9.17, 15) is 0 Å². The molecule has 0 saturated heterocycles. The molecule has 0 radical (unpaired) electrons. The van der Waals surface area contributed by atoms with Crippen molar-refractivity contribution in [2.75, 3.05) is 5.75 Å². The molecule has 1 aromatic rings. The van der Waals surface area contributed by atoms with E-state index in [2.05, 4.69) is 37.4 Å². The number of rotatable bonds is 3. The van der Waals surface area contributed by atoms with Crippen molar-refractivity contribution in [1.82, 2.24) is 0 Å². The van der Waals surface area contributed by atoms with Gasteiger partial charge in [0.15, 0.2) is 0 Å². The first-order valence-electron chi connectivity index (χ1n) is 3.68. The zero-order valence-corrected chi connectivity index (χ0v) is 8.06. The van der Waals surface area contributed by atoms with Crippen LogP contribution in [0.25, 0.3) is 0 Å². The van der Waals surface area contributed by atoms with Crippen LogP contribution in [0.4, 0.5) is 0 Å². The van der Waals surface area contributed by atoms with Crippen LogP contribution in [0.3, 0.4) is 0 Å². The summed E-state index contributed by atoms with van der Waals surface area (Å²) in [5.74, 6) is 0.892. The van der Waals surface area contributed by atoms with E-state index in [-0.39, 0.29) is 29.6 Å². The van der Waals surface area contributed by atoms with E-state index >= 15 is 0 Å². The van der Waals surface area contributed by atoms with Crippen LogP contribution in [0.2, 0.25) is 0 Å². The molecule has 0 aliphatic heterocycles. The van der Waals surface area contributed by atoms with Gasteiger partial charge in [0.05, 0.1) is 0 Å². The minimum atomic E-state index is 0. The van der Waals surface area contributed by atoms with Gasteiger partial charge in [0.1, 0.15) is 0 Å². The Morgan fingerprint density at radius 3 is 2.25 bits per heavy atom. The average molecular weight is 208 g/mol. The van der Waals surface area contributed by atoms with Crippen molar-refractivity contribution in [3.05, 3.63) is 35.9 Å². The molecular formula is C9H13NaS2. The van der Waals surface area contributed by atoms with Gasteiger partial charge >= 0.3 is 29.6 Å². The second kappa shape index (κ2) is 7.34. The van der Waals surface area contributed by atoms with Gasteiger partial charge in [-0.25, -0.2) is 0 Å². The summed E-state index contributed by atoms with van der Waals surface area (Å²) in [6.45, 7) is 0. The Labute approximate surface area is 107 Å². The average Bonchev–Trinajstić information content (AvgIpc) is 2.07. The van der Waals surface area contributed by atoms with Gasteiger partial charge in [0.25, 0.3) is 0 Å². The van der Waals surface area contributed by atoms with E-state index in [1.54, 1.807) is 0 Å². The van der Waals surface area contributed by atoms with Crippen molar-refractivity contribution >= 4 is 54.8 Å². The summed E-state index contributed by atoms with van der Waals surface area (Å²) >= 11 is 8.61. The maximum absolute atomic E-state index is 4.45. The minimum absolute atomic E-state index is 0. The quantitative estimate of drug-likeness (QED) is 0.553. The molecule has 62 valence electrons. The van der Waals surface area contributed by atoms with Gasteiger partial charge in [-0.2, -0.15) is 25.3 Å². The zero-order chi connectivity index (χ0) is 8.10. The van der Waals surface area contributed by atoms with E-state index in [1.807, 2.05) is 18.2 Å². The Hall–Kier alpha value is 0.920. The second-order valence-corrected chi connectivity index (χ2v) is 3.51. The molecular weight excluding hydrogens is 195 g/mol. The van der Waals surface area contributed by atoms with Crippen molar-refractivity contribution in [2.45, 2.75) is 11.7 Å². The van der Waals surface area contributed by atoms with Gasteiger partial charge in [0.2, 0.25) is 0 Å². The van der Waals surface area contributed by atoms with Crippen molar-refractivity contribution in [3.63, 3.8) is 0 Å². The summed E-state index contributed by atoms with van der Waals surface area (Å²) in [7, 11) is 0. The number of hydrogen-bond acceptors (Lipinski definition) is 2. The van der Waals surface area contributed by atoms with Crippen molar-refractivity contribution in [2.24, 2.45) is 0 Å². The Bertz CT molecular complexity index is 201. The fraction of sp³-hybridized carbons (Fsp3) is 0.333. The Morgan fingerprint density at radius 2 is 1.75 bits per heavy atom. The molecule has 0 aliphatic carbocycles. The standard InChI is InChI=1S/C9H12S2.Na.H/c10-7-6-9(11)8-4-2-1-3-5-8;;/h1-5,9-11H,6-7H2;;. The molecule has 0 fully saturated rings. The first kappa shape index (κ1) is 12.9. The van der Waals surface area contributed by atoms with Gasteiger partial charge in [0, 0.05) is 5.25 Å². The first-order valence-corrected chi connectivity index (χ1v) is 4.83. The Balaban J connectivity index is 0.00000121. The van der Waals surface area contributed by atoms with E-state index in [1.165, 1.54) is 5.56 Å². The predicted octanol–water partition coefficient (Wildman–Crippen LogP) is 2.33. The summed E-state index contributed by atoms with van der Waals surface area (Å²) in [6.07, 6.45) is 1.02. The van der Waals surface area contributed by atoms with Crippen molar-refractivity contribution in [3.8, 4) is 0 Å². The summed E-state index contributed by atoms with van der Waals surface area (Å²) in [5, 5.41) is 0.341. The van der Waals surface area contributed by atoms with Gasteiger partial charge < -0.3 is 0 Å². The van der Waals surface area contributed by atoms with Crippen molar-refractivity contribution < 1.29 is 0 Å². The van der Waals surface area contributed by atoms with Crippen LogP contribution in [-0.4, -0.2) is 35.3 Å². The number of hydrogen-bond donors (Lipinski definition) is 2. The monoisotopic (exact) mass is 208 g/mol. The van der Waals surface area contributed by atoms with Crippen LogP contribution in [0.5, 0.6) is 0 Å². The molecule has 0 amide bonds. The molecule has 1 rings (SSSR count). The molecule has 1 atom stereocenters. The fourth-order valence-electron chi connectivity index (χ4n) is 0.964. The maximum atomic E-state index is 4.45. The van der Waals surface area contributed by atoms with Crippen LogP contribution in [0, 0.1) is 0 Å². The molecule has 0 N–H and O–H groups in total. The molecule has 0 spiro atoms. The van der Waals surface area contributed by atoms with Gasteiger partial charge in [-0.05, 0) is 17.7 Å². The fourth-order valence-corrected chi connectivity index (χ4v) is 1.73. The van der Waals surface area contributed by atoms with E-state index in [0.717, 1.165) is 12.2 Å².